The van der Waals surface area contributed by atoms with Crippen LogP contribution >= 0.6 is 23.2 Å². The van der Waals surface area contributed by atoms with Gasteiger partial charge in [-0.3, -0.25) is 4.79 Å². The van der Waals surface area contributed by atoms with Crippen molar-refractivity contribution in [2.75, 3.05) is 6.54 Å². The van der Waals surface area contributed by atoms with Gasteiger partial charge in [-0.25, -0.2) is 13.1 Å². The zero-order valence-corrected chi connectivity index (χ0v) is 12.4. The van der Waals surface area contributed by atoms with Crippen molar-refractivity contribution in [3.63, 3.8) is 0 Å². The lowest BCUT2D eigenvalue weighted by molar-refractivity contribution is -0.136. The fraction of sp³-hybridized carbons (Fsp3) is 0.364. The Kier molecular flexibility index (Phi) is 5.61. The Labute approximate surface area is 121 Å². The van der Waals surface area contributed by atoms with E-state index in [-0.39, 0.29) is 6.54 Å². The first-order valence-electron chi connectivity index (χ1n) is 5.39. The van der Waals surface area contributed by atoms with Crippen molar-refractivity contribution < 1.29 is 18.3 Å². The molecule has 0 aliphatic carbocycles. The SMILES string of the molecule is CC(C(=O)O)S(=O)(=O)NCCc1ccc(Cl)cc1Cl. The third kappa shape index (κ3) is 4.65. The molecule has 19 heavy (non-hydrogen) atoms. The van der Waals surface area contributed by atoms with Gasteiger partial charge in [0.25, 0.3) is 0 Å². The standard InChI is InChI=1S/C11H13Cl2NO4S/c1-7(11(15)16)19(17,18)14-5-4-8-2-3-9(12)6-10(8)13/h2-3,6-7,14H,4-5H2,1H3,(H,15,16). The van der Waals surface area contributed by atoms with E-state index in [1.165, 1.54) is 0 Å². The molecular weight excluding hydrogens is 313 g/mol. The molecule has 0 aromatic heterocycles. The van der Waals surface area contributed by atoms with Crippen molar-refractivity contribution in [2.45, 2.75) is 18.6 Å². The topological polar surface area (TPSA) is 83.5 Å². The minimum Gasteiger partial charge on any atom is -0.480 e. The van der Waals surface area contributed by atoms with E-state index < -0.39 is 21.2 Å². The van der Waals surface area contributed by atoms with Gasteiger partial charge in [-0.1, -0.05) is 29.3 Å². The fourth-order valence-corrected chi connectivity index (χ4v) is 2.72. The molecule has 2 N–H and O–H groups in total. The highest BCUT2D eigenvalue weighted by atomic mass is 35.5. The first-order chi connectivity index (χ1) is 8.74. The monoisotopic (exact) mass is 325 g/mol. The zero-order chi connectivity index (χ0) is 14.6. The van der Waals surface area contributed by atoms with Crippen molar-refractivity contribution in [1.82, 2.24) is 4.72 Å². The van der Waals surface area contributed by atoms with Gasteiger partial charge in [0.1, 0.15) is 0 Å². The van der Waals surface area contributed by atoms with Crippen LogP contribution in [0.4, 0.5) is 0 Å². The van der Waals surface area contributed by atoms with Crippen LogP contribution in [-0.2, 0) is 21.2 Å². The molecule has 0 fully saturated rings. The molecule has 5 nitrogen and oxygen atoms in total. The second-order valence-electron chi connectivity index (χ2n) is 3.91. The van der Waals surface area contributed by atoms with Crippen LogP contribution in [0.2, 0.25) is 10.0 Å². The first-order valence-corrected chi connectivity index (χ1v) is 7.69. The molecule has 0 aliphatic heterocycles. The molecule has 0 spiro atoms. The molecule has 1 aromatic carbocycles. The van der Waals surface area contributed by atoms with Crippen LogP contribution in [0.25, 0.3) is 0 Å². The van der Waals surface area contributed by atoms with Gasteiger partial charge in [0, 0.05) is 16.6 Å². The second-order valence-corrected chi connectivity index (χ2v) is 6.83. The zero-order valence-electron chi connectivity index (χ0n) is 10.1. The molecule has 0 saturated carbocycles. The van der Waals surface area contributed by atoms with Gasteiger partial charge in [0.15, 0.2) is 5.25 Å². The van der Waals surface area contributed by atoms with E-state index in [0.717, 1.165) is 12.5 Å². The van der Waals surface area contributed by atoms with Crippen molar-refractivity contribution >= 4 is 39.2 Å². The lowest BCUT2D eigenvalue weighted by atomic mass is 10.1. The number of carboxylic acids is 1. The summed E-state index contributed by atoms with van der Waals surface area (Å²) < 4.78 is 25.3. The molecule has 106 valence electrons. The molecule has 1 unspecified atom stereocenters. The van der Waals surface area contributed by atoms with Crippen LogP contribution in [0.15, 0.2) is 18.2 Å². The Morgan fingerprint density at radius 1 is 1.42 bits per heavy atom. The van der Waals surface area contributed by atoms with Crippen molar-refractivity contribution in [1.29, 1.82) is 0 Å². The summed E-state index contributed by atoms with van der Waals surface area (Å²) in [7, 11) is -3.87. The van der Waals surface area contributed by atoms with E-state index in [4.69, 9.17) is 28.3 Å². The van der Waals surface area contributed by atoms with Gasteiger partial charge in [0.05, 0.1) is 0 Å². The van der Waals surface area contributed by atoms with E-state index in [1.54, 1.807) is 18.2 Å². The Morgan fingerprint density at radius 2 is 2.05 bits per heavy atom. The minimum atomic E-state index is -3.87. The van der Waals surface area contributed by atoms with Crippen LogP contribution in [0, 0.1) is 0 Å². The number of aliphatic carboxylic acids is 1. The summed E-state index contributed by atoms with van der Waals surface area (Å²) in [5.41, 5.74) is 0.733. The molecule has 0 saturated heterocycles. The summed E-state index contributed by atoms with van der Waals surface area (Å²) in [5, 5.41) is 8.10. The largest absolute Gasteiger partial charge is 0.480 e. The Balaban J connectivity index is 2.62. The maximum absolute atomic E-state index is 11.6. The van der Waals surface area contributed by atoms with Crippen LogP contribution in [0.5, 0.6) is 0 Å². The summed E-state index contributed by atoms with van der Waals surface area (Å²) in [4.78, 5) is 10.6. The highest BCUT2D eigenvalue weighted by Crippen LogP contribution is 2.21. The van der Waals surface area contributed by atoms with Crippen LogP contribution in [0.1, 0.15) is 12.5 Å². The lowest BCUT2D eigenvalue weighted by Crippen LogP contribution is -2.38. The Bertz CT molecular complexity index is 574. The average Bonchev–Trinajstić information content (AvgIpc) is 2.30. The maximum atomic E-state index is 11.6. The number of halogens is 2. The number of sulfonamides is 1. The number of nitrogens with one attached hydrogen (secondary N) is 1. The Hall–Kier alpha value is -0.820. The summed E-state index contributed by atoms with van der Waals surface area (Å²) in [6, 6.07) is 4.91. The van der Waals surface area contributed by atoms with Crippen molar-refractivity contribution in [3.8, 4) is 0 Å². The van der Waals surface area contributed by atoms with Crippen LogP contribution < -0.4 is 4.72 Å². The molecule has 8 heteroatoms. The minimum absolute atomic E-state index is 0.0707. The van der Waals surface area contributed by atoms with E-state index in [9.17, 15) is 13.2 Å². The smallest absolute Gasteiger partial charge is 0.323 e. The van der Waals surface area contributed by atoms with Crippen molar-refractivity contribution in [2.24, 2.45) is 0 Å². The van der Waals surface area contributed by atoms with E-state index >= 15 is 0 Å². The highest BCUT2D eigenvalue weighted by molar-refractivity contribution is 7.90. The summed E-state index contributed by atoms with van der Waals surface area (Å²) in [5.74, 6) is -1.39. The molecule has 1 atom stereocenters. The Morgan fingerprint density at radius 3 is 2.58 bits per heavy atom. The number of hydrogen-bond donors (Lipinski definition) is 2. The molecule has 0 bridgehead atoms. The quantitative estimate of drug-likeness (QED) is 0.837. The summed E-state index contributed by atoms with van der Waals surface area (Å²) in [6.45, 7) is 1.18. The number of carboxylic acid groups (broad SMARTS) is 1. The predicted molar refractivity (Wildman–Crippen MR) is 74.2 cm³/mol. The van der Waals surface area contributed by atoms with Gasteiger partial charge in [-0.05, 0) is 31.0 Å². The fourth-order valence-electron chi connectivity index (χ4n) is 1.31. The van der Waals surface area contributed by atoms with Crippen LogP contribution in [-0.4, -0.2) is 31.3 Å². The number of benzene rings is 1. The molecular formula is C11H13Cl2NO4S. The third-order valence-electron chi connectivity index (χ3n) is 2.53. The van der Waals surface area contributed by atoms with E-state index in [1.807, 2.05) is 0 Å². The van der Waals surface area contributed by atoms with Gasteiger partial charge in [-0.15, -0.1) is 0 Å². The second kappa shape index (κ2) is 6.56. The van der Waals surface area contributed by atoms with E-state index in [0.29, 0.717) is 16.5 Å². The average molecular weight is 326 g/mol. The summed E-state index contributed by atoms with van der Waals surface area (Å²) in [6.07, 6.45) is 0.349. The highest BCUT2D eigenvalue weighted by Gasteiger charge is 2.26. The van der Waals surface area contributed by atoms with Crippen LogP contribution in [0.3, 0.4) is 0 Å². The maximum Gasteiger partial charge on any atom is 0.323 e. The molecule has 1 rings (SSSR count). The number of carbonyl (C=O) groups is 1. The number of hydrogen-bond acceptors (Lipinski definition) is 3. The van der Waals surface area contributed by atoms with Gasteiger partial charge in [-0.2, -0.15) is 0 Å². The molecule has 0 amide bonds. The number of rotatable bonds is 6. The van der Waals surface area contributed by atoms with Gasteiger partial charge >= 0.3 is 5.97 Å². The first kappa shape index (κ1) is 16.2. The van der Waals surface area contributed by atoms with Gasteiger partial charge < -0.3 is 5.11 Å². The molecule has 1 aromatic rings. The normalized spacial score (nSPS) is 13.2. The van der Waals surface area contributed by atoms with E-state index in [2.05, 4.69) is 4.72 Å². The molecule has 0 aliphatic rings. The molecule has 0 heterocycles. The lowest BCUT2D eigenvalue weighted by Gasteiger charge is -2.10. The van der Waals surface area contributed by atoms with Crippen molar-refractivity contribution in [3.05, 3.63) is 33.8 Å². The molecule has 0 radical (unpaired) electrons. The van der Waals surface area contributed by atoms with Gasteiger partial charge in [0.2, 0.25) is 10.0 Å². The summed E-state index contributed by atoms with van der Waals surface area (Å²) >= 11 is 11.7. The predicted octanol–water partition coefficient (Wildman–Crippen LogP) is 1.93. The third-order valence-corrected chi connectivity index (χ3v) is 4.85.